The highest BCUT2D eigenvalue weighted by atomic mass is 28.4. The molecule has 0 amide bonds. The molecule has 0 radical (unpaired) electrons. The largest absolute Gasteiger partial charge is 0.465 e. The highest BCUT2D eigenvalue weighted by molar-refractivity contribution is 6.99. The van der Waals surface area contributed by atoms with Crippen LogP contribution >= 0.6 is 0 Å². The monoisotopic (exact) mass is 574 g/mol. The fourth-order valence-electron chi connectivity index (χ4n) is 7.23. The predicted molar refractivity (Wildman–Crippen MR) is 164 cm³/mol. The first-order valence-corrected chi connectivity index (χ1v) is 17.4. The van der Waals surface area contributed by atoms with E-state index in [2.05, 4.69) is 100 Å². The molecule has 3 aliphatic rings. The number of unbranched alkanes of at least 4 members (excludes halogenated alkanes) is 1. The third-order valence-electron chi connectivity index (χ3n) is 9.24. The summed E-state index contributed by atoms with van der Waals surface area (Å²) in [5.41, 5.74) is -0.455. The second-order valence-electron chi connectivity index (χ2n) is 13.0. The molecule has 0 spiro atoms. The molecule has 0 N–H and O–H groups in total. The van der Waals surface area contributed by atoms with Crippen LogP contribution in [0.2, 0.25) is 5.04 Å². The van der Waals surface area contributed by atoms with Gasteiger partial charge in [-0.3, -0.25) is 4.79 Å². The molecule has 2 heterocycles. The van der Waals surface area contributed by atoms with Gasteiger partial charge in [0.15, 0.2) is 6.29 Å². The van der Waals surface area contributed by atoms with Crippen LogP contribution in [0, 0.1) is 29.1 Å². The van der Waals surface area contributed by atoms with Gasteiger partial charge in [0.2, 0.25) is 0 Å². The average molecular weight is 575 g/mol. The zero-order valence-corrected chi connectivity index (χ0v) is 26.2. The van der Waals surface area contributed by atoms with E-state index >= 15 is 0 Å². The number of fused-ring (bicyclic) bond motifs is 1. The molecule has 1 saturated carbocycles. The minimum Gasteiger partial charge on any atom is -0.465 e. The Morgan fingerprint density at radius 2 is 1.71 bits per heavy atom. The van der Waals surface area contributed by atoms with Crippen molar-refractivity contribution in [2.75, 3.05) is 19.8 Å². The standard InChI is InChI=1S/C35H46O5Si/c1-5-6-14-21-35-23-31(40-33-20-13-15-22-37-33)29(30(35)26-38-32(36)24-35)25-39-41(34(2,3)4,27-16-9-7-10-17-27)28-18-11-8-12-19-28/h7-12,16-19,29-31,33H,5-6,13,15,20,22-26H2,1-4H3/t29-,30-,31-,33?,35-/m1/s1. The summed E-state index contributed by atoms with van der Waals surface area (Å²) in [7, 11) is -2.75. The fraction of sp³-hybridized carbons (Fsp3) is 0.571. The van der Waals surface area contributed by atoms with Crippen molar-refractivity contribution >= 4 is 24.7 Å². The van der Waals surface area contributed by atoms with Crippen molar-refractivity contribution in [1.29, 1.82) is 0 Å². The Morgan fingerprint density at radius 3 is 2.29 bits per heavy atom. The molecule has 1 unspecified atom stereocenters. The van der Waals surface area contributed by atoms with E-state index in [1.54, 1.807) is 0 Å². The van der Waals surface area contributed by atoms with Crippen LogP contribution in [-0.2, 0) is 23.4 Å². The molecule has 1 aliphatic carbocycles. The van der Waals surface area contributed by atoms with Gasteiger partial charge in [-0.25, -0.2) is 0 Å². The Bertz CT molecular complexity index is 1170. The van der Waals surface area contributed by atoms with Gasteiger partial charge in [-0.05, 0) is 47.5 Å². The maximum Gasteiger partial charge on any atom is 0.307 e. The molecular formula is C35H46O5Si. The molecule has 5 rings (SSSR count). The first-order chi connectivity index (χ1) is 19.8. The van der Waals surface area contributed by atoms with Crippen molar-refractivity contribution in [2.24, 2.45) is 17.3 Å². The quantitative estimate of drug-likeness (QED) is 0.225. The second kappa shape index (κ2) is 12.8. The summed E-state index contributed by atoms with van der Waals surface area (Å²) in [6.45, 7) is 10.7. The van der Waals surface area contributed by atoms with E-state index in [9.17, 15) is 4.79 Å². The number of benzene rings is 2. The van der Waals surface area contributed by atoms with E-state index in [1.807, 2.05) is 0 Å². The molecule has 3 fully saturated rings. The lowest BCUT2D eigenvalue weighted by molar-refractivity contribution is -0.198. The van der Waals surface area contributed by atoms with Gasteiger partial charge in [0.1, 0.15) is 0 Å². The predicted octanol–water partition coefficient (Wildman–Crippen LogP) is 5.85. The molecule has 6 heteroatoms. The number of carbonyl (C=O) groups is 1. The lowest BCUT2D eigenvalue weighted by Gasteiger charge is -2.44. The van der Waals surface area contributed by atoms with Crippen molar-refractivity contribution in [1.82, 2.24) is 0 Å². The number of hydrogen-bond donors (Lipinski definition) is 0. The third-order valence-corrected chi connectivity index (χ3v) is 14.2. The Morgan fingerprint density at radius 1 is 1.02 bits per heavy atom. The summed E-state index contributed by atoms with van der Waals surface area (Å²) in [6.07, 6.45) is 5.57. The summed E-state index contributed by atoms with van der Waals surface area (Å²) in [6, 6.07) is 21.5. The topological polar surface area (TPSA) is 54.0 Å². The van der Waals surface area contributed by atoms with E-state index in [-0.39, 0.29) is 35.2 Å². The molecule has 2 aliphatic heterocycles. The van der Waals surface area contributed by atoms with E-state index in [0.717, 1.165) is 38.7 Å². The molecule has 0 bridgehead atoms. The fourth-order valence-corrected chi connectivity index (χ4v) is 11.8. The lowest BCUT2D eigenvalue weighted by atomic mass is 9.72. The van der Waals surface area contributed by atoms with E-state index in [4.69, 9.17) is 18.6 Å². The summed E-state index contributed by atoms with van der Waals surface area (Å²) in [5, 5.41) is 2.39. The number of rotatable bonds is 8. The Labute approximate surface area is 247 Å². The van der Waals surface area contributed by atoms with Gasteiger partial charge in [0, 0.05) is 31.5 Å². The number of esters is 1. The summed E-state index contributed by atoms with van der Waals surface area (Å²) in [5.74, 6) is 6.93. The van der Waals surface area contributed by atoms with Crippen molar-refractivity contribution < 1.29 is 23.4 Å². The van der Waals surface area contributed by atoms with Gasteiger partial charge in [-0.2, -0.15) is 0 Å². The van der Waals surface area contributed by atoms with Crippen LogP contribution in [0.15, 0.2) is 60.7 Å². The molecule has 41 heavy (non-hydrogen) atoms. The normalized spacial score (nSPS) is 28.3. The van der Waals surface area contributed by atoms with Gasteiger partial charge in [-0.1, -0.05) is 94.3 Å². The van der Waals surface area contributed by atoms with Gasteiger partial charge < -0.3 is 18.6 Å². The van der Waals surface area contributed by atoms with Gasteiger partial charge in [-0.15, -0.1) is 5.92 Å². The van der Waals surface area contributed by atoms with Crippen LogP contribution in [-0.4, -0.2) is 46.5 Å². The maximum atomic E-state index is 12.7. The van der Waals surface area contributed by atoms with Gasteiger partial charge in [0.25, 0.3) is 8.32 Å². The SMILES string of the molecule is CCCC#C[C@@]12CC(=O)OC[C@@H]1[C@@H](CO[Si](c1ccccc1)(c1ccccc1)C(C)(C)C)[C@H](OC1CCCCO1)C2. The smallest absolute Gasteiger partial charge is 0.307 e. The van der Waals surface area contributed by atoms with E-state index < -0.39 is 13.7 Å². The second-order valence-corrected chi connectivity index (χ2v) is 17.3. The highest BCUT2D eigenvalue weighted by Crippen LogP contribution is 2.53. The molecule has 2 saturated heterocycles. The Kier molecular flexibility index (Phi) is 9.40. The van der Waals surface area contributed by atoms with Gasteiger partial charge in [0.05, 0.1) is 24.5 Å². The zero-order chi connectivity index (χ0) is 28.9. The van der Waals surface area contributed by atoms with E-state index in [1.165, 1.54) is 10.4 Å². The van der Waals surface area contributed by atoms with Crippen molar-refractivity contribution in [2.45, 2.75) is 90.1 Å². The van der Waals surface area contributed by atoms with Crippen molar-refractivity contribution in [3.05, 3.63) is 60.7 Å². The number of hydrogen-bond acceptors (Lipinski definition) is 5. The van der Waals surface area contributed by atoms with Crippen LogP contribution < -0.4 is 10.4 Å². The van der Waals surface area contributed by atoms with Crippen LogP contribution in [0.3, 0.4) is 0 Å². The molecule has 0 aromatic heterocycles. The lowest BCUT2D eigenvalue weighted by Crippen LogP contribution is -2.67. The minimum atomic E-state index is -2.75. The molecule has 5 atom stereocenters. The number of carbonyl (C=O) groups excluding carboxylic acids is 1. The van der Waals surface area contributed by atoms with Crippen LogP contribution in [0.25, 0.3) is 0 Å². The Hall–Kier alpha value is -2.43. The summed E-state index contributed by atoms with van der Waals surface area (Å²) >= 11 is 0. The molecule has 220 valence electrons. The summed E-state index contributed by atoms with van der Waals surface area (Å²) in [4.78, 5) is 12.7. The first kappa shape index (κ1) is 30.0. The van der Waals surface area contributed by atoms with Crippen LogP contribution in [0.5, 0.6) is 0 Å². The molecule has 2 aromatic rings. The number of cyclic esters (lactones) is 1. The van der Waals surface area contributed by atoms with E-state index in [0.29, 0.717) is 26.1 Å². The molecular weight excluding hydrogens is 528 g/mol. The highest BCUT2D eigenvalue weighted by Gasteiger charge is 2.59. The van der Waals surface area contributed by atoms with Crippen LogP contribution in [0.1, 0.15) is 72.6 Å². The van der Waals surface area contributed by atoms with Crippen LogP contribution in [0.4, 0.5) is 0 Å². The van der Waals surface area contributed by atoms with Gasteiger partial charge >= 0.3 is 5.97 Å². The minimum absolute atomic E-state index is 0.0335. The zero-order valence-electron chi connectivity index (χ0n) is 25.2. The maximum absolute atomic E-state index is 12.7. The third kappa shape index (κ3) is 6.20. The van der Waals surface area contributed by atoms with Crippen molar-refractivity contribution in [3.8, 4) is 11.8 Å². The Balaban J connectivity index is 1.54. The van der Waals surface area contributed by atoms with Crippen molar-refractivity contribution in [3.63, 3.8) is 0 Å². The number of ether oxygens (including phenoxy) is 3. The average Bonchev–Trinajstić information content (AvgIpc) is 3.26. The summed E-state index contributed by atoms with van der Waals surface area (Å²) < 4.78 is 26.0. The molecule has 5 nitrogen and oxygen atoms in total. The first-order valence-electron chi connectivity index (χ1n) is 15.5. The molecule has 2 aromatic carbocycles.